The van der Waals surface area contributed by atoms with Crippen LogP contribution in [0.15, 0.2) is 57.9 Å². The number of hydrogen-bond acceptors (Lipinski definition) is 5. The Morgan fingerprint density at radius 1 is 1.21 bits per heavy atom. The van der Waals surface area contributed by atoms with Gasteiger partial charge in [-0.05, 0) is 31.7 Å². The fraction of sp³-hybridized carbons (Fsp3) is 0.300. The molecule has 0 radical (unpaired) electrons. The number of anilines is 1. The average molecular weight is 401 g/mol. The minimum atomic E-state index is -3.89. The van der Waals surface area contributed by atoms with Gasteiger partial charge in [-0.2, -0.15) is 4.31 Å². The Morgan fingerprint density at radius 3 is 2.61 bits per heavy atom. The zero-order chi connectivity index (χ0) is 20.3. The number of sulfonamides is 1. The Balaban J connectivity index is 1.94. The second-order valence-corrected chi connectivity index (χ2v) is 8.51. The van der Waals surface area contributed by atoms with Crippen LogP contribution in [0.1, 0.15) is 26.0 Å². The molecule has 0 bridgehead atoms. The van der Waals surface area contributed by atoms with Crippen LogP contribution in [-0.2, 0) is 14.8 Å². The van der Waals surface area contributed by atoms with Crippen molar-refractivity contribution in [3.63, 3.8) is 0 Å². The number of fused-ring (bicyclic) bond motifs is 1. The van der Waals surface area contributed by atoms with Gasteiger partial charge in [-0.15, -0.1) is 0 Å². The number of nitrogens with zero attached hydrogens (tertiary/aromatic N) is 2. The second-order valence-electron chi connectivity index (χ2n) is 6.66. The van der Waals surface area contributed by atoms with E-state index in [9.17, 15) is 13.2 Å². The lowest BCUT2D eigenvalue weighted by Crippen LogP contribution is -2.43. The highest BCUT2D eigenvalue weighted by molar-refractivity contribution is 7.89. The minimum Gasteiger partial charge on any atom is -0.360 e. The lowest BCUT2D eigenvalue weighted by Gasteiger charge is -2.27. The molecule has 0 aliphatic rings. The third-order valence-electron chi connectivity index (χ3n) is 4.61. The molecular formula is C20H23N3O4S. The number of nitrogens with one attached hydrogen (secondary N) is 1. The minimum absolute atomic E-state index is 0.191. The summed E-state index contributed by atoms with van der Waals surface area (Å²) in [5.41, 5.74) is 0. The molecule has 148 valence electrons. The molecule has 3 aromatic rings. The highest BCUT2D eigenvalue weighted by Crippen LogP contribution is 2.27. The van der Waals surface area contributed by atoms with Gasteiger partial charge < -0.3 is 9.84 Å². The molecule has 0 fully saturated rings. The van der Waals surface area contributed by atoms with Gasteiger partial charge >= 0.3 is 0 Å². The maximum Gasteiger partial charge on any atom is 0.244 e. The van der Waals surface area contributed by atoms with E-state index in [0.717, 1.165) is 5.39 Å². The zero-order valence-corrected chi connectivity index (χ0v) is 16.9. The second kappa shape index (κ2) is 8.12. The first-order valence-corrected chi connectivity index (χ1v) is 10.5. The average Bonchev–Trinajstić information content (AvgIpc) is 3.09. The van der Waals surface area contributed by atoms with Gasteiger partial charge in [-0.1, -0.05) is 48.5 Å². The van der Waals surface area contributed by atoms with Crippen molar-refractivity contribution in [1.29, 1.82) is 0 Å². The van der Waals surface area contributed by atoms with Gasteiger partial charge in [0.1, 0.15) is 5.76 Å². The number of rotatable bonds is 7. The maximum absolute atomic E-state index is 13.5. The number of aromatic nitrogens is 1. The monoisotopic (exact) mass is 401 g/mol. The van der Waals surface area contributed by atoms with E-state index in [0.29, 0.717) is 17.6 Å². The van der Waals surface area contributed by atoms with E-state index in [1.165, 1.54) is 4.31 Å². The quantitative estimate of drug-likeness (QED) is 0.653. The molecule has 1 amide bonds. The molecule has 1 heterocycles. The van der Waals surface area contributed by atoms with Crippen molar-refractivity contribution in [2.75, 3.05) is 11.9 Å². The van der Waals surface area contributed by atoms with Crippen molar-refractivity contribution < 1.29 is 17.7 Å². The molecule has 0 saturated carbocycles. The van der Waals surface area contributed by atoms with Crippen LogP contribution in [0.4, 0.5) is 5.82 Å². The summed E-state index contributed by atoms with van der Waals surface area (Å²) in [6.45, 7) is 5.07. The first kappa shape index (κ1) is 20.0. The van der Waals surface area contributed by atoms with Crippen molar-refractivity contribution in [1.82, 2.24) is 9.46 Å². The molecule has 3 rings (SSSR count). The SMILES string of the molecule is CCC(C)N(CC(=O)Nc1cc(C)on1)S(=O)(=O)c1cccc2ccccc12. The number of benzene rings is 2. The Hall–Kier alpha value is -2.71. The zero-order valence-electron chi connectivity index (χ0n) is 16.0. The number of carbonyl (C=O) groups excluding carboxylic acids is 1. The summed E-state index contributed by atoms with van der Waals surface area (Å²) in [6, 6.07) is 13.7. The van der Waals surface area contributed by atoms with Gasteiger partial charge in [0.25, 0.3) is 0 Å². The Kier molecular flexibility index (Phi) is 5.81. The number of amides is 1. The molecule has 2 aromatic carbocycles. The van der Waals surface area contributed by atoms with E-state index in [-0.39, 0.29) is 23.3 Å². The summed E-state index contributed by atoms with van der Waals surface area (Å²) in [4.78, 5) is 12.7. The van der Waals surface area contributed by atoms with E-state index in [1.807, 2.05) is 25.1 Å². The van der Waals surface area contributed by atoms with Crippen LogP contribution in [0.25, 0.3) is 10.8 Å². The molecule has 0 spiro atoms. The molecule has 1 N–H and O–H groups in total. The Morgan fingerprint density at radius 2 is 1.93 bits per heavy atom. The van der Waals surface area contributed by atoms with Crippen LogP contribution >= 0.6 is 0 Å². The first-order valence-electron chi connectivity index (χ1n) is 9.05. The summed E-state index contributed by atoms with van der Waals surface area (Å²) in [7, 11) is -3.89. The van der Waals surface area contributed by atoms with Gasteiger partial charge in [0.05, 0.1) is 11.4 Å². The molecule has 0 aliphatic carbocycles. The van der Waals surface area contributed by atoms with Crippen LogP contribution in [0.3, 0.4) is 0 Å². The van der Waals surface area contributed by atoms with Crippen LogP contribution in [0.5, 0.6) is 0 Å². The number of hydrogen-bond donors (Lipinski definition) is 1. The fourth-order valence-electron chi connectivity index (χ4n) is 2.98. The van der Waals surface area contributed by atoms with Crippen LogP contribution in [0, 0.1) is 6.92 Å². The smallest absolute Gasteiger partial charge is 0.244 e. The molecule has 1 atom stereocenters. The number of aryl methyl sites for hydroxylation is 1. The van der Waals surface area contributed by atoms with Gasteiger partial charge in [0.15, 0.2) is 5.82 Å². The largest absolute Gasteiger partial charge is 0.360 e. The van der Waals surface area contributed by atoms with Gasteiger partial charge in [0, 0.05) is 17.5 Å². The standard InChI is InChI=1S/C20H23N3O4S/c1-4-14(2)23(13-20(24)21-19-12-15(3)27-22-19)28(25,26)18-11-7-9-16-8-5-6-10-17(16)18/h5-12,14H,4,13H2,1-3H3,(H,21,22,24). The summed E-state index contributed by atoms with van der Waals surface area (Å²) >= 11 is 0. The molecular weight excluding hydrogens is 378 g/mol. The summed E-state index contributed by atoms with van der Waals surface area (Å²) < 4.78 is 33.1. The Bertz CT molecular complexity index is 1090. The van der Waals surface area contributed by atoms with E-state index < -0.39 is 15.9 Å². The van der Waals surface area contributed by atoms with Crippen molar-refractivity contribution >= 4 is 32.5 Å². The third-order valence-corrected chi connectivity index (χ3v) is 6.63. The van der Waals surface area contributed by atoms with Gasteiger partial charge in [-0.3, -0.25) is 4.79 Å². The highest BCUT2D eigenvalue weighted by Gasteiger charge is 2.31. The van der Waals surface area contributed by atoms with Crippen molar-refractivity contribution in [2.24, 2.45) is 0 Å². The fourth-order valence-corrected chi connectivity index (χ4v) is 4.85. The van der Waals surface area contributed by atoms with Crippen LogP contribution in [0.2, 0.25) is 0 Å². The molecule has 0 aliphatic heterocycles. The van der Waals surface area contributed by atoms with E-state index >= 15 is 0 Å². The van der Waals surface area contributed by atoms with Crippen molar-refractivity contribution in [2.45, 2.75) is 38.1 Å². The third kappa shape index (κ3) is 4.07. The predicted molar refractivity (Wildman–Crippen MR) is 107 cm³/mol. The summed E-state index contributed by atoms with van der Waals surface area (Å²) in [6.07, 6.45) is 0.570. The summed E-state index contributed by atoms with van der Waals surface area (Å²) in [5.74, 6) is 0.337. The predicted octanol–water partition coefficient (Wildman–Crippen LogP) is 3.56. The van der Waals surface area contributed by atoms with E-state index in [1.54, 1.807) is 44.2 Å². The van der Waals surface area contributed by atoms with Gasteiger partial charge in [0.2, 0.25) is 15.9 Å². The Labute approximate surface area is 164 Å². The van der Waals surface area contributed by atoms with E-state index in [2.05, 4.69) is 10.5 Å². The lowest BCUT2D eigenvalue weighted by molar-refractivity contribution is -0.116. The van der Waals surface area contributed by atoms with Gasteiger partial charge in [-0.25, -0.2) is 8.42 Å². The van der Waals surface area contributed by atoms with E-state index in [4.69, 9.17) is 4.52 Å². The molecule has 28 heavy (non-hydrogen) atoms. The molecule has 0 saturated heterocycles. The van der Waals surface area contributed by atoms with Crippen LogP contribution in [-0.4, -0.2) is 36.4 Å². The van der Waals surface area contributed by atoms with Crippen molar-refractivity contribution in [3.05, 3.63) is 54.3 Å². The highest BCUT2D eigenvalue weighted by atomic mass is 32.2. The lowest BCUT2D eigenvalue weighted by atomic mass is 10.1. The number of carbonyl (C=O) groups is 1. The molecule has 1 aromatic heterocycles. The maximum atomic E-state index is 13.5. The first-order chi connectivity index (χ1) is 13.3. The topological polar surface area (TPSA) is 92.5 Å². The summed E-state index contributed by atoms with van der Waals surface area (Å²) in [5, 5.41) is 7.76. The molecule has 8 heteroatoms. The molecule has 1 unspecified atom stereocenters. The van der Waals surface area contributed by atoms with Crippen LogP contribution < -0.4 is 5.32 Å². The normalized spacial score (nSPS) is 13.0. The van der Waals surface area contributed by atoms with Crippen molar-refractivity contribution in [3.8, 4) is 0 Å². The molecule has 7 nitrogen and oxygen atoms in total.